The lowest BCUT2D eigenvalue weighted by Crippen LogP contribution is -2.17. The van der Waals surface area contributed by atoms with Crippen LogP contribution in [0.2, 0.25) is 0 Å². The van der Waals surface area contributed by atoms with Crippen LogP contribution in [-0.2, 0) is 6.54 Å². The molecule has 0 bridgehead atoms. The molecule has 0 radical (unpaired) electrons. The third-order valence-corrected chi connectivity index (χ3v) is 4.50. The number of imidazole rings is 1. The van der Waals surface area contributed by atoms with Crippen LogP contribution in [0.1, 0.15) is 12.1 Å². The maximum Gasteiger partial charge on any atom is 0.203 e. The van der Waals surface area contributed by atoms with Crippen molar-refractivity contribution in [1.82, 2.24) is 9.55 Å². The minimum absolute atomic E-state index is 1.02. The van der Waals surface area contributed by atoms with Crippen LogP contribution in [0, 0.1) is 6.92 Å². The van der Waals surface area contributed by atoms with Gasteiger partial charge in [0.15, 0.2) is 0 Å². The molecule has 84 valence electrons. The van der Waals surface area contributed by atoms with Crippen molar-refractivity contribution in [3.8, 4) is 10.6 Å². The maximum atomic E-state index is 4.68. The molecule has 0 amide bonds. The van der Waals surface area contributed by atoms with Gasteiger partial charge in [0.1, 0.15) is 5.69 Å². The van der Waals surface area contributed by atoms with Gasteiger partial charge in [0, 0.05) is 18.8 Å². The van der Waals surface area contributed by atoms with Gasteiger partial charge < -0.3 is 9.88 Å². The number of nitrogens with zero attached hydrogens (tertiary/aromatic N) is 2. The quantitative estimate of drug-likeness (QED) is 0.873. The summed E-state index contributed by atoms with van der Waals surface area (Å²) in [5, 5.41) is 3.35. The summed E-state index contributed by atoms with van der Waals surface area (Å²) < 4.78 is 3.42. The molecule has 3 rings (SSSR count). The first-order chi connectivity index (χ1) is 7.75. The second-order valence-electron chi connectivity index (χ2n) is 3.91. The van der Waals surface area contributed by atoms with Gasteiger partial charge in [-0.05, 0) is 41.4 Å². The molecule has 16 heavy (non-hydrogen) atoms. The average Bonchev–Trinajstić information content (AvgIpc) is 2.84. The number of halogens is 1. The standard InChI is InChI=1S/C11H12BrN3S/c1-7-10(8-3-4-9(12)16-8)14-11-13-5-2-6-15(7)11/h3-4H,2,5-6H2,1H3,(H,13,14). The van der Waals surface area contributed by atoms with Crippen LogP contribution >= 0.6 is 27.3 Å². The second kappa shape index (κ2) is 3.89. The number of anilines is 1. The summed E-state index contributed by atoms with van der Waals surface area (Å²) in [4.78, 5) is 5.91. The van der Waals surface area contributed by atoms with Gasteiger partial charge in [-0.15, -0.1) is 11.3 Å². The van der Waals surface area contributed by atoms with E-state index in [1.54, 1.807) is 11.3 Å². The molecule has 0 spiro atoms. The normalized spacial score (nSPS) is 14.6. The third kappa shape index (κ3) is 1.58. The number of rotatable bonds is 1. The molecule has 1 N–H and O–H groups in total. The molecule has 0 saturated carbocycles. The van der Waals surface area contributed by atoms with Gasteiger partial charge in [-0.2, -0.15) is 0 Å². The highest BCUT2D eigenvalue weighted by atomic mass is 79.9. The molecule has 5 heteroatoms. The zero-order chi connectivity index (χ0) is 11.1. The Morgan fingerprint density at radius 3 is 3.06 bits per heavy atom. The number of fused-ring (bicyclic) bond motifs is 1. The van der Waals surface area contributed by atoms with Crippen LogP contribution in [-0.4, -0.2) is 16.1 Å². The summed E-state index contributed by atoms with van der Waals surface area (Å²) in [7, 11) is 0. The van der Waals surface area contributed by atoms with Gasteiger partial charge in [-0.3, -0.25) is 0 Å². The number of thiophene rings is 1. The predicted molar refractivity (Wildman–Crippen MR) is 71.1 cm³/mol. The van der Waals surface area contributed by atoms with Crippen molar-refractivity contribution in [1.29, 1.82) is 0 Å². The average molecular weight is 298 g/mol. The van der Waals surface area contributed by atoms with Crippen molar-refractivity contribution in [3.05, 3.63) is 21.6 Å². The van der Waals surface area contributed by atoms with Crippen molar-refractivity contribution in [3.63, 3.8) is 0 Å². The zero-order valence-corrected chi connectivity index (χ0v) is 11.4. The van der Waals surface area contributed by atoms with E-state index in [4.69, 9.17) is 0 Å². The first-order valence-electron chi connectivity index (χ1n) is 5.32. The van der Waals surface area contributed by atoms with Crippen molar-refractivity contribution in [2.24, 2.45) is 0 Å². The van der Waals surface area contributed by atoms with Crippen molar-refractivity contribution in [2.75, 3.05) is 11.9 Å². The molecule has 3 nitrogen and oxygen atoms in total. The van der Waals surface area contributed by atoms with E-state index < -0.39 is 0 Å². The lowest BCUT2D eigenvalue weighted by Gasteiger charge is -2.16. The molecule has 3 heterocycles. The molecule has 0 saturated heterocycles. The number of hydrogen-bond donors (Lipinski definition) is 1. The van der Waals surface area contributed by atoms with E-state index >= 15 is 0 Å². The van der Waals surface area contributed by atoms with Crippen molar-refractivity contribution in [2.45, 2.75) is 19.9 Å². The highest BCUT2D eigenvalue weighted by molar-refractivity contribution is 9.11. The Morgan fingerprint density at radius 2 is 2.38 bits per heavy atom. The second-order valence-corrected chi connectivity index (χ2v) is 6.37. The summed E-state index contributed by atoms with van der Waals surface area (Å²) in [5.41, 5.74) is 2.37. The Balaban J connectivity index is 2.11. The predicted octanol–water partition coefficient (Wildman–Crippen LogP) is 3.50. The maximum absolute atomic E-state index is 4.68. The highest BCUT2D eigenvalue weighted by Gasteiger charge is 2.18. The Bertz CT molecular complexity index is 529. The first-order valence-corrected chi connectivity index (χ1v) is 6.93. The topological polar surface area (TPSA) is 29.9 Å². The van der Waals surface area contributed by atoms with Gasteiger partial charge in [0.25, 0.3) is 0 Å². The molecule has 0 fully saturated rings. The van der Waals surface area contributed by atoms with E-state index in [-0.39, 0.29) is 0 Å². The monoisotopic (exact) mass is 297 g/mol. The van der Waals surface area contributed by atoms with Gasteiger partial charge in [0.2, 0.25) is 5.95 Å². The fourth-order valence-electron chi connectivity index (χ4n) is 2.05. The molecule has 0 aliphatic carbocycles. The first kappa shape index (κ1) is 10.4. The van der Waals surface area contributed by atoms with Crippen molar-refractivity contribution < 1.29 is 0 Å². The van der Waals surface area contributed by atoms with Crippen LogP contribution < -0.4 is 5.32 Å². The lowest BCUT2D eigenvalue weighted by molar-refractivity contribution is 0.615. The Kier molecular flexibility index (Phi) is 2.52. The van der Waals surface area contributed by atoms with Gasteiger partial charge >= 0.3 is 0 Å². The summed E-state index contributed by atoms with van der Waals surface area (Å²) >= 11 is 5.23. The van der Waals surface area contributed by atoms with E-state index in [0.29, 0.717) is 0 Å². The fourth-order valence-corrected chi connectivity index (χ4v) is 3.48. The summed E-state index contributed by atoms with van der Waals surface area (Å²) in [5.74, 6) is 1.02. The lowest BCUT2D eigenvalue weighted by atomic mass is 10.3. The number of nitrogens with one attached hydrogen (secondary N) is 1. The zero-order valence-electron chi connectivity index (χ0n) is 8.96. The van der Waals surface area contributed by atoms with Gasteiger partial charge in [0.05, 0.1) is 8.66 Å². The van der Waals surface area contributed by atoms with Crippen LogP contribution in [0.25, 0.3) is 10.6 Å². The van der Waals surface area contributed by atoms with E-state index in [9.17, 15) is 0 Å². The molecule has 0 atom stereocenters. The Hall–Kier alpha value is -0.810. The summed E-state index contributed by atoms with van der Waals surface area (Å²) in [6.45, 7) is 4.25. The van der Waals surface area contributed by atoms with Gasteiger partial charge in [-0.25, -0.2) is 4.98 Å². The smallest absolute Gasteiger partial charge is 0.203 e. The number of aromatic nitrogens is 2. The molecule has 2 aromatic heterocycles. The molecule has 1 aliphatic rings. The molecular formula is C11H12BrN3S. The Morgan fingerprint density at radius 1 is 1.50 bits per heavy atom. The fraction of sp³-hybridized carbons (Fsp3) is 0.364. The summed E-state index contributed by atoms with van der Waals surface area (Å²) in [6, 6.07) is 4.20. The minimum atomic E-state index is 1.02. The van der Waals surface area contributed by atoms with E-state index in [1.807, 2.05) is 0 Å². The van der Waals surface area contributed by atoms with Gasteiger partial charge in [-0.1, -0.05) is 0 Å². The van der Waals surface area contributed by atoms with E-state index in [2.05, 4.69) is 49.9 Å². The van der Waals surface area contributed by atoms with Crippen LogP contribution in [0.15, 0.2) is 15.9 Å². The largest absolute Gasteiger partial charge is 0.356 e. The highest BCUT2D eigenvalue weighted by Crippen LogP contribution is 2.34. The Labute approximate surface area is 107 Å². The molecule has 0 unspecified atom stereocenters. The van der Waals surface area contributed by atoms with Crippen LogP contribution in [0.3, 0.4) is 0 Å². The molecule has 0 aromatic carbocycles. The SMILES string of the molecule is Cc1c(-c2ccc(Br)s2)nc2n1CCCN2. The van der Waals surface area contributed by atoms with E-state index in [0.717, 1.165) is 28.5 Å². The molecule has 1 aliphatic heterocycles. The van der Waals surface area contributed by atoms with Crippen molar-refractivity contribution >= 4 is 33.2 Å². The third-order valence-electron chi connectivity index (χ3n) is 2.87. The van der Waals surface area contributed by atoms with E-state index in [1.165, 1.54) is 17.0 Å². The number of hydrogen-bond acceptors (Lipinski definition) is 3. The minimum Gasteiger partial charge on any atom is -0.356 e. The van der Waals surface area contributed by atoms with Crippen LogP contribution in [0.4, 0.5) is 5.95 Å². The summed E-state index contributed by atoms with van der Waals surface area (Å²) in [6.07, 6.45) is 1.18. The molecular weight excluding hydrogens is 286 g/mol. The molecule has 2 aromatic rings. The van der Waals surface area contributed by atoms with Crippen LogP contribution in [0.5, 0.6) is 0 Å².